The zero-order valence-corrected chi connectivity index (χ0v) is 11.2. The van der Waals surface area contributed by atoms with E-state index >= 15 is 0 Å². The van der Waals surface area contributed by atoms with Crippen molar-refractivity contribution in [3.05, 3.63) is 29.3 Å². The van der Waals surface area contributed by atoms with Crippen LogP contribution in [0.3, 0.4) is 0 Å². The average molecular weight is 285 g/mol. The van der Waals surface area contributed by atoms with Crippen molar-refractivity contribution in [2.75, 3.05) is 24.6 Å². The molecule has 1 heterocycles. The highest BCUT2D eigenvalue weighted by Gasteiger charge is 2.25. The Hall–Kier alpha value is -1.69. The molecule has 0 aromatic heterocycles. The lowest BCUT2D eigenvalue weighted by atomic mass is 10.1. The largest absolute Gasteiger partial charge is 0.478 e. The van der Waals surface area contributed by atoms with Crippen LogP contribution >= 0.6 is 0 Å². The summed E-state index contributed by atoms with van der Waals surface area (Å²) in [6, 6.07) is 1.70. The number of aromatic carboxylic acids is 1. The van der Waals surface area contributed by atoms with Crippen molar-refractivity contribution in [1.29, 1.82) is 0 Å². The van der Waals surface area contributed by atoms with E-state index in [4.69, 9.17) is 9.84 Å². The van der Waals surface area contributed by atoms with Crippen LogP contribution in [0.2, 0.25) is 0 Å². The van der Waals surface area contributed by atoms with E-state index in [0.29, 0.717) is 19.7 Å². The number of halogens is 2. The minimum absolute atomic E-state index is 0.0494. The highest BCUT2D eigenvalue weighted by atomic mass is 19.1. The quantitative estimate of drug-likeness (QED) is 0.924. The lowest BCUT2D eigenvalue weighted by Crippen LogP contribution is -2.40. The summed E-state index contributed by atoms with van der Waals surface area (Å²) in [6.45, 7) is 3.38. The Balaban J connectivity index is 2.26. The summed E-state index contributed by atoms with van der Waals surface area (Å²) in [5.41, 5.74) is -0.554. The van der Waals surface area contributed by atoms with Gasteiger partial charge in [0.25, 0.3) is 0 Å². The molecule has 1 aliphatic rings. The molecule has 110 valence electrons. The van der Waals surface area contributed by atoms with Gasteiger partial charge in [-0.05, 0) is 31.9 Å². The molecule has 1 aliphatic heterocycles. The molecule has 1 saturated heterocycles. The molecule has 6 heteroatoms. The molecule has 2 rings (SSSR count). The Bertz CT molecular complexity index is 482. The molecule has 1 aromatic carbocycles. The number of hydrogen-bond acceptors (Lipinski definition) is 3. The molecule has 1 unspecified atom stereocenters. The van der Waals surface area contributed by atoms with Crippen molar-refractivity contribution in [2.24, 2.45) is 0 Å². The number of carboxylic acid groups (broad SMARTS) is 1. The number of nitrogens with zero attached hydrogens (tertiary/aromatic N) is 1. The van der Waals surface area contributed by atoms with Gasteiger partial charge in [0.15, 0.2) is 0 Å². The molecular weight excluding hydrogens is 268 g/mol. The first kappa shape index (κ1) is 14.7. The smallest absolute Gasteiger partial charge is 0.335 e. The molecule has 0 amide bonds. The van der Waals surface area contributed by atoms with E-state index in [-0.39, 0.29) is 17.4 Å². The predicted octanol–water partition coefficient (Wildman–Crippen LogP) is 2.67. The molecular formula is C14H17F2NO3. The van der Waals surface area contributed by atoms with Gasteiger partial charge in [0.05, 0.1) is 11.7 Å². The fraction of sp³-hybridized carbons (Fsp3) is 0.500. The Morgan fingerprint density at radius 1 is 1.45 bits per heavy atom. The van der Waals surface area contributed by atoms with E-state index in [1.54, 1.807) is 4.90 Å². The first-order valence-corrected chi connectivity index (χ1v) is 6.61. The van der Waals surface area contributed by atoms with Crippen LogP contribution in [0, 0.1) is 11.6 Å². The lowest BCUT2D eigenvalue weighted by Gasteiger charge is -2.34. The topological polar surface area (TPSA) is 49.8 Å². The fourth-order valence-corrected chi connectivity index (χ4v) is 2.50. The zero-order chi connectivity index (χ0) is 14.7. The van der Waals surface area contributed by atoms with Gasteiger partial charge < -0.3 is 14.7 Å². The molecule has 1 fully saturated rings. The van der Waals surface area contributed by atoms with Crippen LogP contribution in [0.25, 0.3) is 0 Å². The van der Waals surface area contributed by atoms with Crippen molar-refractivity contribution in [3.63, 3.8) is 0 Å². The van der Waals surface area contributed by atoms with Crippen LogP contribution in [-0.4, -0.2) is 36.9 Å². The van der Waals surface area contributed by atoms with Crippen LogP contribution in [0.5, 0.6) is 0 Å². The van der Waals surface area contributed by atoms with Crippen LogP contribution < -0.4 is 4.90 Å². The second kappa shape index (κ2) is 6.17. The molecule has 0 spiro atoms. The Morgan fingerprint density at radius 2 is 2.10 bits per heavy atom. The minimum atomic E-state index is -1.35. The van der Waals surface area contributed by atoms with Gasteiger partial charge in [-0.1, -0.05) is 0 Å². The number of anilines is 1. The summed E-state index contributed by atoms with van der Waals surface area (Å²) < 4.78 is 33.5. The van der Waals surface area contributed by atoms with Crippen LogP contribution in [-0.2, 0) is 4.74 Å². The SMILES string of the molecule is CCOC1CCCN(c2c(F)cc(C(=O)O)cc2F)C1. The first-order valence-electron chi connectivity index (χ1n) is 6.61. The maximum absolute atomic E-state index is 14.0. The third kappa shape index (κ3) is 3.07. The van der Waals surface area contributed by atoms with E-state index in [2.05, 4.69) is 0 Å². The van der Waals surface area contributed by atoms with Gasteiger partial charge in [-0.25, -0.2) is 13.6 Å². The van der Waals surface area contributed by atoms with E-state index in [1.807, 2.05) is 6.92 Å². The molecule has 0 bridgehead atoms. The summed E-state index contributed by atoms with van der Waals surface area (Å²) in [7, 11) is 0. The van der Waals surface area contributed by atoms with Crippen molar-refractivity contribution in [1.82, 2.24) is 0 Å². The predicted molar refractivity (Wildman–Crippen MR) is 70.2 cm³/mol. The van der Waals surface area contributed by atoms with Crippen molar-refractivity contribution >= 4 is 11.7 Å². The van der Waals surface area contributed by atoms with Gasteiger partial charge in [0.1, 0.15) is 17.3 Å². The summed E-state index contributed by atoms with van der Waals surface area (Å²) in [4.78, 5) is 12.3. The summed E-state index contributed by atoms with van der Waals surface area (Å²) in [5.74, 6) is -3.04. The van der Waals surface area contributed by atoms with Gasteiger partial charge in [0, 0.05) is 19.7 Å². The molecule has 1 aromatic rings. The highest BCUT2D eigenvalue weighted by molar-refractivity contribution is 5.88. The zero-order valence-electron chi connectivity index (χ0n) is 11.2. The highest BCUT2D eigenvalue weighted by Crippen LogP contribution is 2.28. The third-order valence-electron chi connectivity index (χ3n) is 3.36. The lowest BCUT2D eigenvalue weighted by molar-refractivity contribution is 0.0524. The van der Waals surface area contributed by atoms with Crippen LogP contribution in [0.4, 0.5) is 14.5 Å². The van der Waals surface area contributed by atoms with Gasteiger partial charge in [-0.3, -0.25) is 0 Å². The van der Waals surface area contributed by atoms with Gasteiger partial charge in [-0.15, -0.1) is 0 Å². The normalized spacial score (nSPS) is 19.1. The number of ether oxygens (including phenoxy) is 1. The number of piperidine rings is 1. The summed E-state index contributed by atoms with van der Waals surface area (Å²) in [6.07, 6.45) is 1.59. The molecule has 0 saturated carbocycles. The molecule has 0 aliphatic carbocycles. The van der Waals surface area contributed by atoms with E-state index < -0.39 is 17.6 Å². The standard InChI is InChI=1S/C14H17F2NO3/c1-2-20-10-4-3-5-17(8-10)13-11(15)6-9(14(18)19)7-12(13)16/h6-7,10H,2-5,8H2,1H3,(H,18,19). The third-order valence-corrected chi connectivity index (χ3v) is 3.36. The van der Waals surface area contributed by atoms with Crippen LogP contribution in [0.1, 0.15) is 30.1 Å². The second-order valence-electron chi connectivity index (χ2n) is 4.76. The van der Waals surface area contributed by atoms with E-state index in [1.165, 1.54) is 0 Å². The van der Waals surface area contributed by atoms with Crippen molar-refractivity contribution < 1.29 is 23.4 Å². The second-order valence-corrected chi connectivity index (χ2v) is 4.76. The number of benzene rings is 1. The minimum Gasteiger partial charge on any atom is -0.478 e. The van der Waals surface area contributed by atoms with E-state index in [0.717, 1.165) is 25.0 Å². The summed E-state index contributed by atoms with van der Waals surface area (Å²) >= 11 is 0. The molecule has 1 atom stereocenters. The molecule has 1 N–H and O–H groups in total. The fourth-order valence-electron chi connectivity index (χ4n) is 2.50. The Morgan fingerprint density at radius 3 is 2.65 bits per heavy atom. The number of carbonyl (C=O) groups is 1. The maximum atomic E-state index is 14.0. The van der Waals surface area contributed by atoms with Crippen molar-refractivity contribution in [2.45, 2.75) is 25.9 Å². The maximum Gasteiger partial charge on any atom is 0.335 e. The monoisotopic (exact) mass is 285 g/mol. The molecule has 0 radical (unpaired) electrons. The van der Waals surface area contributed by atoms with Gasteiger partial charge in [0.2, 0.25) is 0 Å². The Kier molecular flexibility index (Phi) is 4.54. The molecule has 20 heavy (non-hydrogen) atoms. The Labute approximate surface area is 116 Å². The number of rotatable bonds is 4. The van der Waals surface area contributed by atoms with Gasteiger partial charge >= 0.3 is 5.97 Å². The summed E-state index contributed by atoms with van der Waals surface area (Å²) in [5, 5.41) is 8.78. The number of carboxylic acids is 1. The van der Waals surface area contributed by atoms with Crippen molar-refractivity contribution in [3.8, 4) is 0 Å². The van der Waals surface area contributed by atoms with E-state index in [9.17, 15) is 13.6 Å². The number of hydrogen-bond donors (Lipinski definition) is 1. The van der Waals surface area contributed by atoms with Gasteiger partial charge in [-0.2, -0.15) is 0 Å². The first-order chi connectivity index (χ1) is 9.52. The van der Waals surface area contributed by atoms with Crippen LogP contribution in [0.15, 0.2) is 12.1 Å². The average Bonchev–Trinajstić information content (AvgIpc) is 2.38. The molecule has 4 nitrogen and oxygen atoms in total.